The van der Waals surface area contributed by atoms with Gasteiger partial charge in [0.2, 0.25) is 0 Å². The van der Waals surface area contributed by atoms with E-state index in [0.29, 0.717) is 12.4 Å². The Balaban J connectivity index is 2.93. The summed E-state index contributed by atoms with van der Waals surface area (Å²) in [5, 5.41) is 8.02. The van der Waals surface area contributed by atoms with Gasteiger partial charge in [0.1, 0.15) is 17.6 Å². The Morgan fingerprint density at radius 1 is 1.44 bits per heavy atom. The maximum absolute atomic E-state index is 11.8. The molecule has 5 nitrogen and oxygen atoms in total. The van der Waals surface area contributed by atoms with Crippen LogP contribution in [0.5, 0.6) is 0 Å². The molecule has 5 heteroatoms. The molecule has 0 spiro atoms. The second-order valence-corrected chi connectivity index (χ2v) is 3.76. The largest absolute Gasteiger partial charge is 0.465 e. The van der Waals surface area contributed by atoms with Gasteiger partial charge in [-0.3, -0.25) is 4.79 Å². The van der Waals surface area contributed by atoms with Crippen molar-refractivity contribution in [1.82, 2.24) is 14.8 Å². The molecule has 0 saturated carbocycles. The van der Waals surface area contributed by atoms with Gasteiger partial charge in [-0.2, -0.15) is 0 Å². The molecule has 0 amide bonds. The fraction of sp³-hybridized carbons (Fsp3) is 0.727. The molecule has 1 aromatic rings. The number of carbonyl (C=O) groups is 1. The van der Waals surface area contributed by atoms with Crippen LogP contribution >= 0.6 is 0 Å². The van der Waals surface area contributed by atoms with Crippen LogP contribution < -0.4 is 0 Å². The zero-order valence-corrected chi connectivity index (χ0v) is 10.4. The van der Waals surface area contributed by atoms with Crippen molar-refractivity contribution < 1.29 is 9.53 Å². The van der Waals surface area contributed by atoms with E-state index in [4.69, 9.17) is 4.74 Å². The molecule has 0 aromatic carbocycles. The lowest BCUT2D eigenvalue weighted by atomic mass is 10.0. The van der Waals surface area contributed by atoms with Gasteiger partial charge in [0, 0.05) is 7.05 Å². The molecule has 1 rings (SSSR count). The summed E-state index contributed by atoms with van der Waals surface area (Å²) in [6.45, 7) is 6.11. The second kappa shape index (κ2) is 5.63. The number of nitrogens with zero attached hydrogens (tertiary/aromatic N) is 3. The Hall–Kier alpha value is -1.39. The summed E-state index contributed by atoms with van der Waals surface area (Å²) in [4.78, 5) is 11.8. The van der Waals surface area contributed by atoms with Gasteiger partial charge in [0.25, 0.3) is 0 Å². The molecule has 0 aliphatic carbocycles. The number of hydrogen-bond donors (Lipinski definition) is 0. The first-order chi connectivity index (χ1) is 7.61. The van der Waals surface area contributed by atoms with E-state index >= 15 is 0 Å². The van der Waals surface area contributed by atoms with Crippen LogP contribution in [0.1, 0.15) is 44.3 Å². The fourth-order valence-electron chi connectivity index (χ4n) is 1.61. The summed E-state index contributed by atoms with van der Waals surface area (Å²) in [6, 6.07) is 0. The normalized spacial score (nSPS) is 12.5. The van der Waals surface area contributed by atoms with E-state index in [1.54, 1.807) is 0 Å². The van der Waals surface area contributed by atoms with Crippen molar-refractivity contribution in [3.8, 4) is 0 Å². The number of esters is 1. The Kier molecular flexibility index (Phi) is 4.46. The highest BCUT2D eigenvalue weighted by atomic mass is 16.5. The lowest BCUT2D eigenvalue weighted by molar-refractivity contribution is -0.145. The third-order valence-corrected chi connectivity index (χ3v) is 2.59. The molecule has 1 heterocycles. The van der Waals surface area contributed by atoms with Gasteiger partial charge in [-0.05, 0) is 20.3 Å². The molecule has 1 unspecified atom stereocenters. The molecule has 1 atom stereocenters. The van der Waals surface area contributed by atoms with Crippen LogP contribution in [0.4, 0.5) is 0 Å². The van der Waals surface area contributed by atoms with E-state index in [2.05, 4.69) is 10.2 Å². The Bertz CT molecular complexity index is 360. The maximum Gasteiger partial charge on any atom is 0.316 e. The Labute approximate surface area is 95.8 Å². The van der Waals surface area contributed by atoms with Gasteiger partial charge in [-0.25, -0.2) is 0 Å². The highest BCUT2D eigenvalue weighted by Gasteiger charge is 2.26. The molecule has 0 radical (unpaired) electrons. The predicted octanol–water partition coefficient (Wildman–Crippen LogP) is 1.57. The van der Waals surface area contributed by atoms with Crippen molar-refractivity contribution in [2.45, 2.75) is 39.5 Å². The number of carbonyl (C=O) groups excluding carboxylic acids is 1. The molecule has 16 heavy (non-hydrogen) atoms. The van der Waals surface area contributed by atoms with Gasteiger partial charge in [-0.15, -0.1) is 10.2 Å². The molecule has 0 saturated heterocycles. The van der Waals surface area contributed by atoms with Crippen LogP contribution in [0.15, 0.2) is 0 Å². The molecule has 0 aliphatic heterocycles. The van der Waals surface area contributed by atoms with Crippen LogP contribution in [0.3, 0.4) is 0 Å². The van der Waals surface area contributed by atoms with Crippen LogP contribution in [-0.4, -0.2) is 27.3 Å². The second-order valence-electron chi connectivity index (χ2n) is 3.76. The van der Waals surface area contributed by atoms with Crippen LogP contribution in [0.25, 0.3) is 0 Å². The minimum absolute atomic E-state index is 0.208. The van der Waals surface area contributed by atoms with Crippen molar-refractivity contribution in [3.63, 3.8) is 0 Å². The van der Waals surface area contributed by atoms with Crippen molar-refractivity contribution >= 4 is 5.97 Å². The van der Waals surface area contributed by atoms with E-state index in [0.717, 1.165) is 18.7 Å². The lowest BCUT2D eigenvalue weighted by Crippen LogP contribution is -2.19. The highest BCUT2D eigenvalue weighted by Crippen LogP contribution is 2.21. The fourth-order valence-corrected chi connectivity index (χ4v) is 1.61. The predicted molar refractivity (Wildman–Crippen MR) is 60.0 cm³/mol. The van der Waals surface area contributed by atoms with Crippen LogP contribution in [0, 0.1) is 6.92 Å². The first-order valence-corrected chi connectivity index (χ1v) is 5.64. The van der Waals surface area contributed by atoms with E-state index in [1.807, 2.05) is 32.4 Å². The number of rotatable bonds is 5. The third-order valence-electron chi connectivity index (χ3n) is 2.59. The standard InChI is InChI=1S/C11H19N3O2/c1-5-7-9(11(15)16-6-2)10-13-12-8(3)14(10)4/h9H,5-7H2,1-4H3. The summed E-state index contributed by atoms with van der Waals surface area (Å²) in [5.74, 6) is 0.995. The first kappa shape index (κ1) is 12.7. The number of hydrogen-bond acceptors (Lipinski definition) is 4. The highest BCUT2D eigenvalue weighted by molar-refractivity contribution is 5.77. The monoisotopic (exact) mass is 225 g/mol. The SMILES string of the molecule is CCCC(C(=O)OCC)c1nnc(C)n1C. The van der Waals surface area contributed by atoms with E-state index in [1.165, 1.54) is 0 Å². The molecule has 0 N–H and O–H groups in total. The summed E-state index contributed by atoms with van der Waals surface area (Å²) in [6.07, 6.45) is 1.65. The van der Waals surface area contributed by atoms with Crippen molar-refractivity contribution in [2.24, 2.45) is 7.05 Å². The van der Waals surface area contributed by atoms with Gasteiger partial charge in [0.05, 0.1) is 6.61 Å². The summed E-state index contributed by atoms with van der Waals surface area (Å²) in [5.41, 5.74) is 0. The summed E-state index contributed by atoms with van der Waals surface area (Å²) in [7, 11) is 1.87. The van der Waals surface area contributed by atoms with E-state index < -0.39 is 0 Å². The average molecular weight is 225 g/mol. The third kappa shape index (κ3) is 2.59. The topological polar surface area (TPSA) is 57.0 Å². The molecule has 1 aromatic heterocycles. The molecular weight excluding hydrogens is 206 g/mol. The zero-order chi connectivity index (χ0) is 12.1. The van der Waals surface area contributed by atoms with Crippen LogP contribution in [-0.2, 0) is 16.6 Å². The molecule has 0 fully saturated rings. The van der Waals surface area contributed by atoms with Crippen molar-refractivity contribution in [3.05, 3.63) is 11.6 Å². The average Bonchev–Trinajstić information content (AvgIpc) is 2.57. The number of aromatic nitrogens is 3. The number of ether oxygens (including phenoxy) is 1. The van der Waals surface area contributed by atoms with Crippen molar-refractivity contribution in [1.29, 1.82) is 0 Å². The first-order valence-electron chi connectivity index (χ1n) is 5.64. The minimum atomic E-state index is -0.295. The molecule has 90 valence electrons. The Morgan fingerprint density at radius 3 is 2.56 bits per heavy atom. The minimum Gasteiger partial charge on any atom is -0.465 e. The molecule has 0 aliphatic rings. The van der Waals surface area contributed by atoms with E-state index in [-0.39, 0.29) is 11.9 Å². The zero-order valence-electron chi connectivity index (χ0n) is 10.4. The molecule has 0 bridgehead atoms. The maximum atomic E-state index is 11.8. The van der Waals surface area contributed by atoms with E-state index in [9.17, 15) is 4.79 Å². The van der Waals surface area contributed by atoms with Crippen molar-refractivity contribution in [2.75, 3.05) is 6.61 Å². The quantitative estimate of drug-likeness (QED) is 0.714. The smallest absolute Gasteiger partial charge is 0.316 e. The van der Waals surface area contributed by atoms with Gasteiger partial charge >= 0.3 is 5.97 Å². The summed E-state index contributed by atoms with van der Waals surface area (Å²) >= 11 is 0. The molecular formula is C11H19N3O2. The lowest BCUT2D eigenvalue weighted by Gasteiger charge is -2.13. The Morgan fingerprint density at radius 2 is 2.12 bits per heavy atom. The number of aryl methyl sites for hydroxylation is 1. The van der Waals surface area contributed by atoms with Gasteiger partial charge in [-0.1, -0.05) is 13.3 Å². The van der Waals surface area contributed by atoms with Gasteiger partial charge < -0.3 is 9.30 Å². The van der Waals surface area contributed by atoms with Gasteiger partial charge in [0.15, 0.2) is 0 Å². The summed E-state index contributed by atoms with van der Waals surface area (Å²) < 4.78 is 6.90. The van der Waals surface area contributed by atoms with Crippen LogP contribution in [0.2, 0.25) is 0 Å².